The van der Waals surface area contributed by atoms with Gasteiger partial charge in [0.05, 0.1) is 0 Å². The topological polar surface area (TPSA) is 26.3 Å². The predicted molar refractivity (Wildman–Crippen MR) is 341 cm³/mol. The number of unbranched alkanes of at least 4 members (excludes halogenated alkanes) is 1. The zero-order valence-electron chi connectivity index (χ0n) is 47.1. The van der Waals surface area contributed by atoms with Crippen molar-refractivity contribution < 1.29 is 8.83 Å². The van der Waals surface area contributed by atoms with E-state index in [0.717, 1.165) is 67.5 Å². The average molecular weight is 1020 g/mol. The summed E-state index contributed by atoms with van der Waals surface area (Å²) in [7, 11) is 0. The van der Waals surface area contributed by atoms with E-state index in [4.69, 9.17) is 8.83 Å². The molecule has 0 aliphatic heterocycles. The Hall–Kier alpha value is -8.90. The van der Waals surface area contributed by atoms with Crippen molar-refractivity contribution in [2.75, 3.05) is 0 Å². The minimum atomic E-state index is 0.920. The summed E-state index contributed by atoms with van der Waals surface area (Å²) in [5.74, 6) is 0.953. The van der Waals surface area contributed by atoms with Crippen LogP contribution in [0.2, 0.25) is 0 Å². The van der Waals surface area contributed by atoms with Crippen LogP contribution in [0.25, 0.3) is 115 Å². The molecule has 0 atom stereocenters. The van der Waals surface area contributed by atoms with Crippen molar-refractivity contribution >= 4 is 70.8 Å². The Kier molecular flexibility index (Phi) is 18.6. The number of aryl methyl sites for hydroxylation is 3. The lowest BCUT2D eigenvalue weighted by molar-refractivity contribution is 0.594. The summed E-state index contributed by atoms with van der Waals surface area (Å²) < 4.78 is 12.1. The molecule has 2 aromatic heterocycles. The number of hydrogen-bond donors (Lipinski definition) is 0. The average Bonchev–Trinajstić information content (AvgIpc) is 4.13. The lowest BCUT2D eigenvalue weighted by atomic mass is 9.87. The molecule has 2 nitrogen and oxygen atoms in total. The van der Waals surface area contributed by atoms with Crippen LogP contribution in [0, 0.1) is 32.9 Å². The largest absolute Gasteiger partial charge is 0.456 e. The summed E-state index contributed by atoms with van der Waals surface area (Å²) in [4.78, 5) is 0. The molecule has 0 spiro atoms. The maximum Gasteiger partial charge on any atom is 0.143 e. The quantitative estimate of drug-likeness (QED) is 0.117. The van der Waals surface area contributed by atoms with Crippen LogP contribution < -0.4 is 0 Å². The Morgan fingerprint density at radius 3 is 1.55 bits per heavy atom. The zero-order valence-corrected chi connectivity index (χ0v) is 47.1. The molecule has 78 heavy (non-hydrogen) atoms. The number of furan rings is 2. The van der Waals surface area contributed by atoms with Crippen molar-refractivity contribution in [3.63, 3.8) is 0 Å². The van der Waals surface area contributed by atoms with Gasteiger partial charge in [-0.3, -0.25) is 0 Å². The molecule has 0 amide bonds. The Labute approximate surface area is 463 Å². The summed E-state index contributed by atoms with van der Waals surface area (Å²) in [6.45, 7) is 26.0. The van der Waals surface area contributed by atoms with E-state index in [-0.39, 0.29) is 0 Å². The van der Waals surface area contributed by atoms with Gasteiger partial charge in [-0.1, -0.05) is 254 Å². The number of benzene rings is 10. The summed E-state index contributed by atoms with van der Waals surface area (Å²) in [6, 6.07) is 79.6. The standard InChI is InChI=1S/C46H26O.C13H14O.C8H10.C4H10.C3H6.C2H6/c1-2-8-29(9-3-1)34-10-6-11-35(28-34)37-25-21-33-22-26-40-36(24-20-32-23-27-41(37)45(33)44(32)40)30-16-18-31(19-17-30)38-13-7-14-42-39-12-4-5-15-43(39)47-46(38)42;1-4-9(2)13-10(3)11-7-5-6-8-12(11)14-13;1-7-5-3-4-6-8(7)2;1-3-4-2;1-3-2;1-2/h1-5,7-10,12-28H;5-8H,2,4H2,1,3H3;3-6H,1-2H3;3-4H2,1-2H3;3H,1H2,2H3;1-2H3. The van der Waals surface area contributed by atoms with Gasteiger partial charge in [0.25, 0.3) is 0 Å². The highest BCUT2D eigenvalue weighted by Crippen LogP contribution is 2.43. The molecule has 13 rings (SSSR count). The molecule has 0 aliphatic carbocycles. The summed E-state index contributed by atoms with van der Waals surface area (Å²) in [5.41, 5.74) is 17.1. The van der Waals surface area contributed by atoms with Crippen molar-refractivity contribution in [3.8, 4) is 44.5 Å². The minimum absolute atomic E-state index is 0.920. The van der Waals surface area contributed by atoms with Crippen LogP contribution in [-0.4, -0.2) is 0 Å². The van der Waals surface area contributed by atoms with Gasteiger partial charge in [-0.2, -0.15) is 0 Å². The molecule has 0 bridgehead atoms. The van der Waals surface area contributed by atoms with Crippen molar-refractivity contribution in [1.29, 1.82) is 0 Å². The third-order valence-corrected chi connectivity index (χ3v) is 14.2. The number of hydrogen-bond acceptors (Lipinski definition) is 2. The monoisotopic (exact) mass is 1020 g/mol. The van der Waals surface area contributed by atoms with Crippen LogP contribution in [0.15, 0.2) is 234 Å². The van der Waals surface area contributed by atoms with Crippen LogP contribution in [0.1, 0.15) is 83.3 Å². The molecule has 0 unspecified atom stereocenters. The third-order valence-electron chi connectivity index (χ3n) is 14.2. The van der Waals surface area contributed by atoms with Gasteiger partial charge in [0, 0.05) is 32.8 Å². The van der Waals surface area contributed by atoms with Crippen molar-refractivity contribution in [1.82, 2.24) is 0 Å². The van der Waals surface area contributed by atoms with E-state index in [2.05, 4.69) is 237 Å². The van der Waals surface area contributed by atoms with Gasteiger partial charge in [0.2, 0.25) is 0 Å². The maximum absolute atomic E-state index is 6.34. The first-order valence-corrected chi connectivity index (χ1v) is 27.6. The highest BCUT2D eigenvalue weighted by molar-refractivity contribution is 6.27. The van der Waals surface area contributed by atoms with E-state index in [0.29, 0.717) is 0 Å². The van der Waals surface area contributed by atoms with Gasteiger partial charge >= 0.3 is 0 Å². The molecule has 2 heterocycles. The summed E-state index contributed by atoms with van der Waals surface area (Å²) >= 11 is 0. The first-order chi connectivity index (χ1) is 38.2. The van der Waals surface area contributed by atoms with Crippen LogP contribution in [0.5, 0.6) is 0 Å². The van der Waals surface area contributed by atoms with E-state index in [9.17, 15) is 0 Å². The first-order valence-electron chi connectivity index (χ1n) is 27.6. The lowest BCUT2D eigenvalue weighted by Crippen LogP contribution is -1.89. The van der Waals surface area contributed by atoms with E-state index in [1.807, 2.05) is 57.2 Å². The van der Waals surface area contributed by atoms with E-state index >= 15 is 0 Å². The molecule has 0 radical (unpaired) electrons. The SMILES string of the molecule is C=C(CC)c1oc2ccccc2c1C.C=CC.CC.CCCC.Cc1ccccc1C.c1cc(-c2ccccc2)cc(-c2ccc3ccc4c(-c5ccc(-c6cccc7c6oc6ccccc67)cc5)ccc5ccc2c3c54)c#1. The summed E-state index contributed by atoms with van der Waals surface area (Å²) in [6.07, 6.45) is 5.32. The highest BCUT2D eigenvalue weighted by atomic mass is 16.3. The van der Waals surface area contributed by atoms with Crippen LogP contribution in [0.4, 0.5) is 0 Å². The fourth-order valence-electron chi connectivity index (χ4n) is 9.79. The normalized spacial score (nSPS) is 10.5. The summed E-state index contributed by atoms with van der Waals surface area (Å²) in [5, 5.41) is 11.1. The van der Waals surface area contributed by atoms with Crippen LogP contribution >= 0.6 is 0 Å². The molecule has 0 fully saturated rings. The van der Waals surface area contributed by atoms with Gasteiger partial charge in [-0.25, -0.2) is 0 Å². The highest BCUT2D eigenvalue weighted by Gasteiger charge is 2.17. The van der Waals surface area contributed by atoms with E-state index < -0.39 is 0 Å². The molecule has 0 N–H and O–H groups in total. The van der Waals surface area contributed by atoms with Gasteiger partial charge in [-0.15, -0.1) is 6.58 Å². The molecular formula is C76H72O2. The van der Waals surface area contributed by atoms with Crippen molar-refractivity contribution in [2.45, 2.75) is 81.6 Å². The Balaban J connectivity index is 0.000000211. The fourth-order valence-corrected chi connectivity index (χ4v) is 9.79. The van der Waals surface area contributed by atoms with Gasteiger partial charge in [0.1, 0.15) is 22.5 Å². The van der Waals surface area contributed by atoms with E-state index in [1.54, 1.807) is 6.08 Å². The maximum atomic E-state index is 6.34. The molecule has 388 valence electrons. The molecule has 0 saturated carbocycles. The molecule has 13 aromatic rings. The zero-order chi connectivity index (χ0) is 55.1. The van der Waals surface area contributed by atoms with Crippen LogP contribution in [-0.2, 0) is 0 Å². The number of fused-ring (bicyclic) bond motifs is 4. The molecular weight excluding hydrogens is 945 g/mol. The van der Waals surface area contributed by atoms with Gasteiger partial charge in [0.15, 0.2) is 0 Å². The number of para-hydroxylation sites is 3. The predicted octanol–water partition coefficient (Wildman–Crippen LogP) is 23.2. The second kappa shape index (κ2) is 26.2. The van der Waals surface area contributed by atoms with E-state index in [1.165, 1.54) is 89.5 Å². The second-order valence-corrected chi connectivity index (χ2v) is 19.3. The smallest absolute Gasteiger partial charge is 0.143 e. The molecule has 11 aromatic carbocycles. The van der Waals surface area contributed by atoms with Crippen molar-refractivity contribution in [3.05, 3.63) is 260 Å². The minimum Gasteiger partial charge on any atom is -0.456 e. The lowest BCUT2D eigenvalue weighted by Gasteiger charge is -2.16. The Morgan fingerprint density at radius 2 is 0.974 bits per heavy atom. The van der Waals surface area contributed by atoms with Gasteiger partial charge < -0.3 is 8.83 Å². The Morgan fingerprint density at radius 1 is 0.474 bits per heavy atom. The molecule has 0 saturated heterocycles. The number of allylic oxidation sites excluding steroid dienone is 2. The third kappa shape index (κ3) is 11.9. The second-order valence-electron chi connectivity index (χ2n) is 19.3. The Bertz CT molecular complexity index is 4050. The molecule has 2 heteroatoms. The van der Waals surface area contributed by atoms with Crippen LogP contribution in [0.3, 0.4) is 0 Å². The fraction of sp³-hybridized carbons (Fsp3) is 0.158. The van der Waals surface area contributed by atoms with Gasteiger partial charge in [-0.05, 0) is 141 Å². The van der Waals surface area contributed by atoms with Crippen molar-refractivity contribution in [2.24, 2.45) is 0 Å². The number of rotatable bonds is 7. The molecule has 0 aliphatic rings. The first kappa shape index (κ1) is 55.3.